The van der Waals surface area contributed by atoms with Crippen molar-refractivity contribution < 1.29 is 14.6 Å². The van der Waals surface area contributed by atoms with E-state index in [0.717, 1.165) is 16.1 Å². The molecule has 1 aliphatic rings. The molecule has 1 fully saturated rings. The molecule has 2 aromatic rings. The molecule has 1 aliphatic heterocycles. The monoisotopic (exact) mass is 346 g/mol. The molecule has 3 rings (SSSR count). The van der Waals surface area contributed by atoms with Crippen molar-refractivity contribution in [3.63, 3.8) is 0 Å². The number of para-hydroxylation sites is 1. The Bertz CT molecular complexity index is 673. The summed E-state index contributed by atoms with van der Waals surface area (Å²) in [6.45, 7) is 3.25. The number of carbonyl (C=O) groups is 1. The van der Waals surface area contributed by atoms with Gasteiger partial charge in [-0.15, -0.1) is 11.3 Å². The van der Waals surface area contributed by atoms with Crippen LogP contribution in [-0.2, 0) is 4.74 Å². The predicted octanol–water partition coefficient (Wildman–Crippen LogP) is 3.42. The van der Waals surface area contributed by atoms with Gasteiger partial charge in [0.2, 0.25) is 0 Å². The standard InChI is InChI=1S/C18H22N2O3S/c1-13(21)11-14-12-23-9-8-20(14)18(22)19-16-6-3-2-5-15(16)17-7-4-10-24-17/h2-7,10,13-14,21H,8-9,11-12H2,1H3,(H,19,22)/t13-,14-/m1/s1. The van der Waals surface area contributed by atoms with Gasteiger partial charge in [-0.3, -0.25) is 0 Å². The third-order valence-electron chi connectivity index (χ3n) is 4.06. The van der Waals surface area contributed by atoms with Crippen molar-refractivity contribution >= 4 is 23.1 Å². The number of morpholine rings is 1. The zero-order chi connectivity index (χ0) is 16.9. The highest BCUT2D eigenvalue weighted by Gasteiger charge is 2.28. The zero-order valence-electron chi connectivity index (χ0n) is 13.6. The molecule has 2 amide bonds. The van der Waals surface area contributed by atoms with Crippen molar-refractivity contribution in [1.29, 1.82) is 0 Å². The Morgan fingerprint density at radius 3 is 3.00 bits per heavy atom. The Labute approximate surface area is 145 Å². The first kappa shape index (κ1) is 17.0. The lowest BCUT2D eigenvalue weighted by molar-refractivity contribution is -0.00160. The maximum Gasteiger partial charge on any atom is 0.322 e. The van der Waals surface area contributed by atoms with Crippen LogP contribution < -0.4 is 5.32 Å². The summed E-state index contributed by atoms with van der Waals surface area (Å²) in [5, 5.41) is 14.7. The van der Waals surface area contributed by atoms with E-state index >= 15 is 0 Å². The van der Waals surface area contributed by atoms with Gasteiger partial charge in [0.05, 0.1) is 31.0 Å². The van der Waals surface area contributed by atoms with Gasteiger partial charge in [-0.2, -0.15) is 0 Å². The number of benzene rings is 1. The summed E-state index contributed by atoms with van der Waals surface area (Å²) in [5.74, 6) is 0. The van der Waals surface area contributed by atoms with Crippen LogP contribution in [0.2, 0.25) is 0 Å². The number of nitrogens with one attached hydrogen (secondary N) is 1. The summed E-state index contributed by atoms with van der Waals surface area (Å²) in [6.07, 6.45) is 0.0467. The molecule has 0 spiro atoms. The minimum atomic E-state index is -0.467. The lowest BCUT2D eigenvalue weighted by Gasteiger charge is -2.36. The van der Waals surface area contributed by atoms with Gasteiger partial charge < -0.3 is 20.1 Å². The van der Waals surface area contributed by atoms with Crippen LogP contribution >= 0.6 is 11.3 Å². The van der Waals surface area contributed by atoms with E-state index in [0.29, 0.717) is 26.2 Å². The quantitative estimate of drug-likeness (QED) is 0.892. The number of urea groups is 1. The summed E-state index contributed by atoms with van der Waals surface area (Å²) in [5.41, 5.74) is 1.81. The maximum atomic E-state index is 12.8. The van der Waals surface area contributed by atoms with E-state index in [2.05, 4.69) is 5.32 Å². The van der Waals surface area contributed by atoms with E-state index < -0.39 is 6.10 Å². The number of rotatable bonds is 4. The highest BCUT2D eigenvalue weighted by molar-refractivity contribution is 7.13. The fraction of sp³-hybridized carbons (Fsp3) is 0.389. The van der Waals surface area contributed by atoms with Crippen molar-refractivity contribution in [2.24, 2.45) is 0 Å². The van der Waals surface area contributed by atoms with Crippen LogP contribution in [0.15, 0.2) is 41.8 Å². The highest BCUT2D eigenvalue weighted by Crippen LogP contribution is 2.31. The van der Waals surface area contributed by atoms with E-state index in [1.807, 2.05) is 41.8 Å². The minimum absolute atomic E-state index is 0.104. The summed E-state index contributed by atoms with van der Waals surface area (Å²) in [7, 11) is 0. The van der Waals surface area contributed by atoms with Gasteiger partial charge in [0.25, 0.3) is 0 Å². The van der Waals surface area contributed by atoms with Crippen molar-refractivity contribution in [2.45, 2.75) is 25.5 Å². The molecule has 2 N–H and O–H groups in total. The minimum Gasteiger partial charge on any atom is -0.393 e. The largest absolute Gasteiger partial charge is 0.393 e. The van der Waals surface area contributed by atoms with Crippen LogP contribution in [-0.4, -0.2) is 47.9 Å². The molecule has 0 aliphatic carbocycles. The lowest BCUT2D eigenvalue weighted by atomic mass is 10.1. The van der Waals surface area contributed by atoms with E-state index in [1.165, 1.54) is 0 Å². The van der Waals surface area contributed by atoms with Crippen molar-refractivity contribution in [2.75, 3.05) is 25.1 Å². The third-order valence-corrected chi connectivity index (χ3v) is 4.96. The molecule has 5 nitrogen and oxygen atoms in total. The molecule has 0 bridgehead atoms. The first-order valence-corrected chi connectivity index (χ1v) is 8.99. The number of ether oxygens (including phenoxy) is 1. The molecular weight excluding hydrogens is 324 g/mol. The topological polar surface area (TPSA) is 61.8 Å². The van der Waals surface area contributed by atoms with Gasteiger partial charge in [0.15, 0.2) is 0 Å². The SMILES string of the molecule is C[C@@H](O)C[C@@H]1COCCN1C(=O)Nc1ccccc1-c1cccs1. The Hall–Kier alpha value is -1.89. The number of carbonyl (C=O) groups excluding carboxylic acids is 1. The number of nitrogens with zero attached hydrogens (tertiary/aromatic N) is 1. The van der Waals surface area contributed by atoms with Crippen LogP contribution in [0, 0.1) is 0 Å². The fourth-order valence-corrected chi connectivity index (χ4v) is 3.70. The Kier molecular flexibility index (Phi) is 5.50. The Morgan fingerprint density at radius 1 is 1.42 bits per heavy atom. The predicted molar refractivity (Wildman–Crippen MR) is 96.4 cm³/mol. The van der Waals surface area contributed by atoms with Crippen LogP contribution in [0.1, 0.15) is 13.3 Å². The first-order valence-electron chi connectivity index (χ1n) is 8.11. The van der Waals surface area contributed by atoms with E-state index in [9.17, 15) is 9.90 Å². The second-order valence-corrected chi connectivity index (χ2v) is 6.91. The summed E-state index contributed by atoms with van der Waals surface area (Å²) >= 11 is 1.64. The second kappa shape index (κ2) is 7.79. The number of hydrogen-bond acceptors (Lipinski definition) is 4. The summed E-state index contributed by atoms with van der Waals surface area (Å²) in [4.78, 5) is 15.6. The number of aliphatic hydroxyl groups excluding tert-OH is 1. The molecule has 6 heteroatoms. The molecule has 0 saturated carbocycles. The van der Waals surface area contributed by atoms with Crippen LogP contribution in [0.4, 0.5) is 10.5 Å². The second-order valence-electron chi connectivity index (χ2n) is 5.96. The summed E-state index contributed by atoms with van der Waals surface area (Å²) in [6, 6.07) is 11.6. The molecular formula is C18H22N2O3S. The van der Waals surface area contributed by atoms with Gasteiger partial charge in [-0.05, 0) is 30.9 Å². The third kappa shape index (κ3) is 3.95. The molecule has 128 valence electrons. The highest BCUT2D eigenvalue weighted by atomic mass is 32.1. The maximum absolute atomic E-state index is 12.8. The Morgan fingerprint density at radius 2 is 2.25 bits per heavy atom. The molecule has 24 heavy (non-hydrogen) atoms. The van der Waals surface area contributed by atoms with Crippen LogP contribution in [0.5, 0.6) is 0 Å². The number of thiophene rings is 1. The molecule has 2 atom stereocenters. The smallest absolute Gasteiger partial charge is 0.322 e. The normalized spacial score (nSPS) is 19.1. The first-order chi connectivity index (χ1) is 11.6. The van der Waals surface area contributed by atoms with Crippen molar-refractivity contribution in [3.8, 4) is 10.4 Å². The average molecular weight is 346 g/mol. The summed E-state index contributed by atoms with van der Waals surface area (Å²) < 4.78 is 5.47. The van der Waals surface area contributed by atoms with Crippen LogP contribution in [0.25, 0.3) is 10.4 Å². The molecule has 2 heterocycles. The zero-order valence-corrected chi connectivity index (χ0v) is 14.5. The molecule has 1 aromatic heterocycles. The van der Waals surface area contributed by atoms with Crippen molar-refractivity contribution in [1.82, 2.24) is 4.90 Å². The van der Waals surface area contributed by atoms with Gasteiger partial charge in [0, 0.05) is 17.0 Å². The van der Waals surface area contributed by atoms with Crippen molar-refractivity contribution in [3.05, 3.63) is 41.8 Å². The number of hydrogen-bond donors (Lipinski definition) is 2. The average Bonchev–Trinajstić information content (AvgIpc) is 3.09. The van der Waals surface area contributed by atoms with Gasteiger partial charge in [0.1, 0.15) is 0 Å². The Balaban J connectivity index is 1.77. The van der Waals surface area contributed by atoms with Gasteiger partial charge >= 0.3 is 6.03 Å². The molecule has 0 unspecified atom stereocenters. The van der Waals surface area contributed by atoms with E-state index in [1.54, 1.807) is 23.2 Å². The van der Waals surface area contributed by atoms with Gasteiger partial charge in [-0.1, -0.05) is 24.3 Å². The molecule has 0 radical (unpaired) electrons. The molecule has 1 aromatic carbocycles. The van der Waals surface area contributed by atoms with E-state index in [-0.39, 0.29) is 12.1 Å². The van der Waals surface area contributed by atoms with Gasteiger partial charge in [-0.25, -0.2) is 4.79 Å². The van der Waals surface area contributed by atoms with E-state index in [4.69, 9.17) is 4.74 Å². The van der Waals surface area contributed by atoms with Crippen LogP contribution in [0.3, 0.4) is 0 Å². The number of aliphatic hydroxyl groups is 1. The fourth-order valence-electron chi connectivity index (χ4n) is 2.94. The number of anilines is 1. The number of amides is 2. The molecule has 1 saturated heterocycles. The lowest BCUT2D eigenvalue weighted by Crippen LogP contribution is -2.51.